The van der Waals surface area contributed by atoms with Crippen LogP contribution >= 0.6 is 15.9 Å². The zero-order valence-corrected chi connectivity index (χ0v) is 14.0. The summed E-state index contributed by atoms with van der Waals surface area (Å²) in [5.41, 5.74) is 0.804. The van der Waals surface area contributed by atoms with Gasteiger partial charge in [-0.2, -0.15) is 0 Å². The topological polar surface area (TPSA) is 52.6 Å². The third-order valence-electron chi connectivity index (χ3n) is 3.82. The largest absolute Gasteiger partial charge is 0.393 e. The molecule has 0 bridgehead atoms. The van der Waals surface area contributed by atoms with Gasteiger partial charge in [0.2, 0.25) is 5.91 Å². The molecule has 1 aromatic rings. The number of benzene rings is 1. The van der Waals surface area contributed by atoms with Gasteiger partial charge in [0, 0.05) is 16.2 Å². The van der Waals surface area contributed by atoms with Gasteiger partial charge in [0.05, 0.1) is 12.6 Å². The molecule has 2 atom stereocenters. The molecule has 1 aliphatic rings. The monoisotopic (exact) mass is 354 g/mol. The van der Waals surface area contributed by atoms with Gasteiger partial charge in [-0.25, -0.2) is 0 Å². The van der Waals surface area contributed by atoms with E-state index in [0.29, 0.717) is 12.6 Å². The van der Waals surface area contributed by atoms with Crippen LogP contribution in [0, 0.1) is 0 Å². The van der Waals surface area contributed by atoms with Crippen molar-refractivity contribution >= 4 is 27.5 Å². The summed E-state index contributed by atoms with van der Waals surface area (Å²) in [4.78, 5) is 14.4. The number of piperidine rings is 1. The van der Waals surface area contributed by atoms with Crippen LogP contribution in [0.1, 0.15) is 32.6 Å². The Balaban J connectivity index is 1.90. The number of anilines is 1. The Morgan fingerprint density at radius 1 is 1.52 bits per heavy atom. The summed E-state index contributed by atoms with van der Waals surface area (Å²) in [5, 5.41) is 12.5. The lowest BCUT2D eigenvalue weighted by molar-refractivity contribution is -0.118. The quantitative estimate of drug-likeness (QED) is 0.854. The zero-order valence-electron chi connectivity index (χ0n) is 12.4. The van der Waals surface area contributed by atoms with Gasteiger partial charge in [-0.15, -0.1) is 0 Å². The van der Waals surface area contributed by atoms with E-state index >= 15 is 0 Å². The van der Waals surface area contributed by atoms with Crippen LogP contribution in [-0.4, -0.2) is 41.1 Å². The molecule has 1 saturated heterocycles. The Morgan fingerprint density at radius 3 is 3.05 bits per heavy atom. The van der Waals surface area contributed by atoms with Gasteiger partial charge < -0.3 is 10.4 Å². The molecule has 0 aliphatic carbocycles. The van der Waals surface area contributed by atoms with E-state index in [-0.39, 0.29) is 12.0 Å². The second-order valence-corrected chi connectivity index (χ2v) is 6.68. The van der Waals surface area contributed by atoms with Crippen LogP contribution in [0.4, 0.5) is 5.69 Å². The van der Waals surface area contributed by atoms with Gasteiger partial charge in [-0.1, -0.05) is 28.4 Å². The smallest absolute Gasteiger partial charge is 0.238 e. The minimum atomic E-state index is -0.316. The Hall–Kier alpha value is -0.910. The molecule has 21 heavy (non-hydrogen) atoms. The molecule has 0 saturated carbocycles. The number of likely N-dealkylation sites (tertiary alicyclic amines) is 1. The maximum Gasteiger partial charge on any atom is 0.238 e. The van der Waals surface area contributed by atoms with Crippen LogP contribution in [0.2, 0.25) is 0 Å². The fourth-order valence-corrected chi connectivity index (χ4v) is 3.28. The Kier molecular flexibility index (Phi) is 6.21. The van der Waals surface area contributed by atoms with E-state index in [1.54, 1.807) is 0 Å². The number of hydrogen-bond acceptors (Lipinski definition) is 3. The summed E-state index contributed by atoms with van der Waals surface area (Å²) in [5.74, 6) is 0.00518. The van der Waals surface area contributed by atoms with Gasteiger partial charge in [0.25, 0.3) is 0 Å². The zero-order chi connectivity index (χ0) is 15.2. The molecule has 5 heteroatoms. The van der Waals surface area contributed by atoms with Crippen LogP contribution in [0.3, 0.4) is 0 Å². The molecule has 0 radical (unpaired) electrons. The van der Waals surface area contributed by atoms with Gasteiger partial charge in [0.15, 0.2) is 0 Å². The fourth-order valence-electron chi connectivity index (χ4n) is 2.88. The summed E-state index contributed by atoms with van der Waals surface area (Å²) < 4.78 is 0.949. The molecule has 2 unspecified atom stereocenters. The lowest BCUT2D eigenvalue weighted by Gasteiger charge is -2.35. The highest BCUT2D eigenvalue weighted by Crippen LogP contribution is 2.21. The Morgan fingerprint density at radius 2 is 2.33 bits per heavy atom. The van der Waals surface area contributed by atoms with Crippen molar-refractivity contribution in [3.63, 3.8) is 0 Å². The number of carbonyl (C=O) groups excluding carboxylic acids is 1. The third-order valence-corrected chi connectivity index (χ3v) is 4.31. The van der Waals surface area contributed by atoms with E-state index in [0.717, 1.165) is 36.0 Å². The molecule has 1 heterocycles. The standard InChI is InChI=1S/C16H23BrN2O2/c1-12(20)9-15-7-2-3-8-19(15)11-16(21)18-14-6-4-5-13(17)10-14/h4-6,10,12,15,20H,2-3,7-9,11H2,1H3,(H,18,21). The summed E-state index contributed by atoms with van der Waals surface area (Å²) in [6, 6.07) is 7.91. The summed E-state index contributed by atoms with van der Waals surface area (Å²) in [6.07, 6.45) is 3.80. The highest BCUT2D eigenvalue weighted by Gasteiger charge is 2.25. The molecule has 1 aromatic carbocycles. The second-order valence-electron chi connectivity index (χ2n) is 5.76. The summed E-state index contributed by atoms with van der Waals surface area (Å²) >= 11 is 3.40. The molecule has 0 spiro atoms. The first kappa shape index (κ1) is 16.5. The number of halogens is 1. The summed E-state index contributed by atoms with van der Waals surface area (Å²) in [6.45, 7) is 3.14. The number of rotatable bonds is 5. The van der Waals surface area contributed by atoms with Crippen LogP contribution in [-0.2, 0) is 4.79 Å². The van der Waals surface area contributed by atoms with E-state index in [1.165, 1.54) is 6.42 Å². The maximum atomic E-state index is 12.2. The number of nitrogens with one attached hydrogen (secondary N) is 1. The Labute approximate surface area is 134 Å². The average molecular weight is 355 g/mol. The van der Waals surface area contributed by atoms with Crippen LogP contribution in [0.15, 0.2) is 28.7 Å². The SMILES string of the molecule is CC(O)CC1CCCCN1CC(=O)Nc1cccc(Br)c1. The van der Waals surface area contributed by atoms with E-state index in [9.17, 15) is 9.90 Å². The number of aliphatic hydroxyl groups is 1. The highest BCUT2D eigenvalue weighted by molar-refractivity contribution is 9.10. The molecule has 2 N–H and O–H groups in total. The van der Waals surface area contributed by atoms with E-state index in [4.69, 9.17) is 0 Å². The van der Waals surface area contributed by atoms with Crippen molar-refractivity contribution in [3.05, 3.63) is 28.7 Å². The molecular formula is C16H23BrN2O2. The van der Waals surface area contributed by atoms with Crippen molar-refractivity contribution in [2.24, 2.45) is 0 Å². The Bertz CT molecular complexity index is 479. The normalized spacial score (nSPS) is 21.0. The average Bonchev–Trinajstić information content (AvgIpc) is 2.40. The first-order chi connectivity index (χ1) is 10.0. The third kappa shape index (κ3) is 5.41. The number of hydrogen-bond donors (Lipinski definition) is 2. The number of nitrogens with zero attached hydrogens (tertiary/aromatic N) is 1. The van der Waals surface area contributed by atoms with Gasteiger partial charge in [-0.05, 0) is 50.9 Å². The van der Waals surface area contributed by atoms with Crippen LogP contribution in [0.5, 0.6) is 0 Å². The molecule has 1 fully saturated rings. The molecule has 1 amide bonds. The lowest BCUT2D eigenvalue weighted by atomic mass is 9.97. The molecule has 1 aliphatic heterocycles. The van der Waals surface area contributed by atoms with E-state index in [2.05, 4.69) is 26.1 Å². The van der Waals surface area contributed by atoms with Crippen molar-refractivity contribution in [2.75, 3.05) is 18.4 Å². The predicted molar refractivity (Wildman–Crippen MR) is 88.3 cm³/mol. The predicted octanol–water partition coefficient (Wildman–Crippen LogP) is 3.01. The summed E-state index contributed by atoms with van der Waals surface area (Å²) in [7, 11) is 0. The molecular weight excluding hydrogens is 332 g/mol. The fraction of sp³-hybridized carbons (Fsp3) is 0.562. The molecule has 2 rings (SSSR count). The van der Waals surface area contributed by atoms with Crippen molar-refractivity contribution in [3.8, 4) is 0 Å². The minimum Gasteiger partial charge on any atom is -0.393 e. The van der Waals surface area contributed by atoms with Gasteiger partial charge in [0.1, 0.15) is 0 Å². The van der Waals surface area contributed by atoms with Gasteiger partial charge in [-0.3, -0.25) is 9.69 Å². The highest BCUT2D eigenvalue weighted by atomic mass is 79.9. The van der Waals surface area contributed by atoms with Crippen molar-refractivity contribution in [1.82, 2.24) is 4.90 Å². The van der Waals surface area contributed by atoms with Crippen molar-refractivity contribution in [1.29, 1.82) is 0 Å². The number of carbonyl (C=O) groups is 1. The second kappa shape index (κ2) is 7.92. The number of amides is 1. The first-order valence-electron chi connectivity index (χ1n) is 7.52. The number of aliphatic hydroxyl groups excluding tert-OH is 1. The van der Waals surface area contributed by atoms with Crippen LogP contribution < -0.4 is 5.32 Å². The molecule has 116 valence electrons. The minimum absolute atomic E-state index is 0.00518. The molecule has 4 nitrogen and oxygen atoms in total. The van der Waals surface area contributed by atoms with Gasteiger partial charge >= 0.3 is 0 Å². The first-order valence-corrected chi connectivity index (χ1v) is 8.31. The van der Waals surface area contributed by atoms with Crippen LogP contribution in [0.25, 0.3) is 0 Å². The van der Waals surface area contributed by atoms with E-state index < -0.39 is 0 Å². The van der Waals surface area contributed by atoms with Crippen molar-refractivity contribution in [2.45, 2.75) is 44.8 Å². The maximum absolute atomic E-state index is 12.2. The molecule has 0 aromatic heterocycles. The lowest BCUT2D eigenvalue weighted by Crippen LogP contribution is -2.45. The van der Waals surface area contributed by atoms with Crippen molar-refractivity contribution < 1.29 is 9.90 Å². The van der Waals surface area contributed by atoms with E-state index in [1.807, 2.05) is 31.2 Å².